The maximum Gasteiger partial charge on any atom is 0.0991 e. The number of nitrogens with zero attached hydrogens (tertiary/aromatic N) is 2. The summed E-state index contributed by atoms with van der Waals surface area (Å²) in [5, 5.41) is 21.2. The van der Waals surface area contributed by atoms with E-state index >= 15 is 0 Å². The largest absolute Gasteiger partial charge is 0.382 e. The molecule has 0 amide bonds. The van der Waals surface area contributed by atoms with Crippen LogP contribution in [0.2, 0.25) is 0 Å². The second-order valence-corrected chi connectivity index (χ2v) is 5.70. The van der Waals surface area contributed by atoms with Gasteiger partial charge in [0.05, 0.1) is 23.3 Å². The molecule has 1 unspecified atom stereocenters. The zero-order valence-corrected chi connectivity index (χ0v) is 12.9. The van der Waals surface area contributed by atoms with E-state index in [9.17, 15) is 0 Å². The van der Waals surface area contributed by atoms with Gasteiger partial charge in [-0.25, -0.2) is 0 Å². The van der Waals surface area contributed by atoms with Gasteiger partial charge in [0, 0.05) is 11.7 Å². The van der Waals surface area contributed by atoms with Crippen molar-refractivity contribution < 1.29 is 0 Å². The molecule has 22 heavy (non-hydrogen) atoms. The molecule has 0 spiro atoms. The number of nitriles is 2. The second-order valence-electron chi connectivity index (χ2n) is 5.70. The van der Waals surface area contributed by atoms with E-state index in [1.807, 2.05) is 48.5 Å². The molecule has 1 atom stereocenters. The van der Waals surface area contributed by atoms with E-state index in [4.69, 9.17) is 10.5 Å². The Hall–Kier alpha value is -2.78. The first-order valence-electron chi connectivity index (χ1n) is 7.38. The summed E-state index contributed by atoms with van der Waals surface area (Å²) >= 11 is 0. The van der Waals surface area contributed by atoms with Crippen molar-refractivity contribution in [2.45, 2.75) is 26.3 Å². The Morgan fingerprint density at radius 1 is 0.864 bits per heavy atom. The summed E-state index contributed by atoms with van der Waals surface area (Å²) in [6.45, 7) is 4.37. The van der Waals surface area contributed by atoms with Crippen LogP contribution in [0.1, 0.15) is 30.5 Å². The third kappa shape index (κ3) is 4.11. The highest BCUT2D eigenvalue weighted by molar-refractivity contribution is 5.48. The smallest absolute Gasteiger partial charge is 0.0991 e. The van der Waals surface area contributed by atoms with Crippen LogP contribution in [0, 0.1) is 28.6 Å². The van der Waals surface area contributed by atoms with Gasteiger partial charge < -0.3 is 5.32 Å². The molecule has 110 valence electrons. The van der Waals surface area contributed by atoms with E-state index in [1.54, 1.807) is 0 Å². The van der Waals surface area contributed by atoms with Gasteiger partial charge in [0.25, 0.3) is 0 Å². The fraction of sp³-hybridized carbons (Fsp3) is 0.263. The molecule has 0 bridgehead atoms. The van der Waals surface area contributed by atoms with Crippen LogP contribution in [0.3, 0.4) is 0 Å². The van der Waals surface area contributed by atoms with Crippen LogP contribution in [0.4, 0.5) is 5.69 Å². The lowest BCUT2D eigenvalue weighted by atomic mass is 9.95. The Bertz CT molecular complexity index is 626. The van der Waals surface area contributed by atoms with Crippen molar-refractivity contribution >= 4 is 5.69 Å². The van der Waals surface area contributed by atoms with Crippen molar-refractivity contribution in [3.63, 3.8) is 0 Å². The molecule has 2 rings (SSSR count). The molecule has 0 saturated heterocycles. The molecule has 0 aromatic heterocycles. The minimum absolute atomic E-state index is 0.292. The van der Waals surface area contributed by atoms with E-state index in [0.717, 1.165) is 12.1 Å². The highest BCUT2D eigenvalue weighted by Gasteiger charge is 2.14. The predicted octanol–water partition coefficient (Wildman–Crippen LogP) is 4.11. The summed E-state index contributed by atoms with van der Waals surface area (Å²) in [5.41, 5.74) is 3.58. The van der Waals surface area contributed by atoms with Crippen LogP contribution in [0.5, 0.6) is 0 Å². The standard InChI is InChI=1S/C19H19N3/c1-14(2)19(11-15-3-5-16(12-20)6-4-15)22-18-9-7-17(13-21)8-10-18/h3-10,14,19,22H,11H2,1-2H3. The highest BCUT2D eigenvalue weighted by Crippen LogP contribution is 2.18. The van der Waals surface area contributed by atoms with E-state index < -0.39 is 0 Å². The number of hydrogen-bond donors (Lipinski definition) is 1. The van der Waals surface area contributed by atoms with Crippen molar-refractivity contribution in [3.8, 4) is 12.1 Å². The summed E-state index contributed by atoms with van der Waals surface area (Å²) in [6.07, 6.45) is 0.892. The average Bonchev–Trinajstić information content (AvgIpc) is 2.55. The number of benzene rings is 2. The lowest BCUT2D eigenvalue weighted by Crippen LogP contribution is -2.28. The first kappa shape index (κ1) is 15.6. The molecule has 0 fully saturated rings. The van der Waals surface area contributed by atoms with Crippen molar-refractivity contribution in [3.05, 3.63) is 65.2 Å². The highest BCUT2D eigenvalue weighted by atomic mass is 14.9. The van der Waals surface area contributed by atoms with Crippen LogP contribution >= 0.6 is 0 Å². The van der Waals surface area contributed by atoms with E-state index in [1.165, 1.54) is 5.56 Å². The molecule has 2 aromatic rings. The lowest BCUT2D eigenvalue weighted by Gasteiger charge is -2.24. The van der Waals surface area contributed by atoms with Crippen molar-refractivity contribution in [1.29, 1.82) is 10.5 Å². The molecule has 0 aliphatic carbocycles. The van der Waals surface area contributed by atoms with Crippen molar-refractivity contribution in [1.82, 2.24) is 0 Å². The fourth-order valence-electron chi connectivity index (χ4n) is 2.28. The number of rotatable bonds is 5. The van der Waals surface area contributed by atoms with E-state index in [0.29, 0.717) is 23.1 Å². The summed E-state index contributed by atoms with van der Waals surface area (Å²) in [7, 11) is 0. The van der Waals surface area contributed by atoms with E-state index in [-0.39, 0.29) is 0 Å². The molecule has 0 heterocycles. The first-order valence-corrected chi connectivity index (χ1v) is 7.38. The van der Waals surface area contributed by atoms with Gasteiger partial charge in [0.2, 0.25) is 0 Å². The van der Waals surface area contributed by atoms with Gasteiger partial charge >= 0.3 is 0 Å². The maximum atomic E-state index is 8.85. The van der Waals surface area contributed by atoms with Gasteiger partial charge in [-0.2, -0.15) is 10.5 Å². The topological polar surface area (TPSA) is 59.6 Å². The number of hydrogen-bond acceptors (Lipinski definition) is 3. The predicted molar refractivity (Wildman–Crippen MR) is 88.3 cm³/mol. The quantitative estimate of drug-likeness (QED) is 0.901. The van der Waals surface area contributed by atoms with Crippen LogP contribution < -0.4 is 5.32 Å². The first-order chi connectivity index (χ1) is 10.6. The average molecular weight is 289 g/mol. The molecule has 1 N–H and O–H groups in total. The number of nitrogens with one attached hydrogen (secondary N) is 1. The molecule has 2 aromatic carbocycles. The fourth-order valence-corrected chi connectivity index (χ4v) is 2.28. The van der Waals surface area contributed by atoms with Crippen LogP contribution in [0.25, 0.3) is 0 Å². The van der Waals surface area contributed by atoms with Crippen molar-refractivity contribution in [2.24, 2.45) is 5.92 Å². The minimum Gasteiger partial charge on any atom is -0.382 e. The van der Waals surface area contributed by atoms with Gasteiger partial charge in [0.15, 0.2) is 0 Å². The second kappa shape index (κ2) is 7.29. The zero-order valence-electron chi connectivity index (χ0n) is 12.9. The third-order valence-electron chi connectivity index (χ3n) is 3.71. The molecule has 3 heteroatoms. The summed E-state index contributed by atoms with van der Waals surface area (Å²) in [4.78, 5) is 0. The molecule has 0 aliphatic heterocycles. The molecule has 0 saturated carbocycles. The zero-order chi connectivity index (χ0) is 15.9. The van der Waals surface area contributed by atoms with Crippen LogP contribution in [0.15, 0.2) is 48.5 Å². The maximum absolute atomic E-state index is 8.85. The van der Waals surface area contributed by atoms with Crippen LogP contribution in [-0.2, 0) is 6.42 Å². The van der Waals surface area contributed by atoms with Crippen molar-refractivity contribution in [2.75, 3.05) is 5.32 Å². The Balaban J connectivity index is 2.09. The summed E-state index contributed by atoms with van der Waals surface area (Å²) < 4.78 is 0. The minimum atomic E-state index is 0.292. The van der Waals surface area contributed by atoms with E-state index in [2.05, 4.69) is 31.3 Å². The van der Waals surface area contributed by atoms with Gasteiger partial charge in [-0.15, -0.1) is 0 Å². The summed E-state index contributed by atoms with van der Waals surface area (Å²) in [5.74, 6) is 0.464. The van der Waals surface area contributed by atoms with Gasteiger partial charge in [0.1, 0.15) is 0 Å². The Morgan fingerprint density at radius 2 is 1.36 bits per heavy atom. The Morgan fingerprint density at radius 3 is 1.82 bits per heavy atom. The normalized spacial score (nSPS) is 11.5. The van der Waals surface area contributed by atoms with Gasteiger partial charge in [-0.05, 0) is 54.3 Å². The Labute approximate surface area is 131 Å². The number of anilines is 1. The summed E-state index contributed by atoms with van der Waals surface area (Å²) in [6, 6.07) is 19.8. The molecular formula is C19H19N3. The molecule has 0 radical (unpaired) electrons. The molecular weight excluding hydrogens is 270 g/mol. The molecule has 3 nitrogen and oxygen atoms in total. The molecule has 0 aliphatic rings. The van der Waals surface area contributed by atoms with Gasteiger partial charge in [-0.3, -0.25) is 0 Å². The lowest BCUT2D eigenvalue weighted by molar-refractivity contribution is 0.521. The SMILES string of the molecule is CC(C)C(Cc1ccc(C#N)cc1)Nc1ccc(C#N)cc1. The van der Waals surface area contributed by atoms with Gasteiger partial charge in [-0.1, -0.05) is 26.0 Å². The Kier molecular flexibility index (Phi) is 5.17. The van der Waals surface area contributed by atoms with Crippen LogP contribution in [-0.4, -0.2) is 6.04 Å². The monoisotopic (exact) mass is 289 g/mol. The third-order valence-corrected chi connectivity index (χ3v) is 3.71.